The van der Waals surface area contributed by atoms with Crippen molar-refractivity contribution in [2.24, 2.45) is 0 Å². The molecule has 1 unspecified atom stereocenters. The van der Waals surface area contributed by atoms with Gasteiger partial charge >= 0.3 is 0 Å². The summed E-state index contributed by atoms with van der Waals surface area (Å²) >= 11 is 9.36. The molecule has 0 saturated carbocycles. The predicted octanol–water partition coefficient (Wildman–Crippen LogP) is 3.19. The van der Waals surface area contributed by atoms with E-state index in [4.69, 9.17) is 11.6 Å². The van der Waals surface area contributed by atoms with Crippen LogP contribution in [0.4, 0.5) is 0 Å². The molecule has 2 rings (SSSR count). The maximum absolute atomic E-state index is 10.4. The van der Waals surface area contributed by atoms with Gasteiger partial charge in [-0.1, -0.05) is 39.7 Å². The second-order valence-electron chi connectivity index (χ2n) is 3.95. The molecule has 0 aliphatic rings. The van der Waals surface area contributed by atoms with Crippen molar-refractivity contribution in [3.63, 3.8) is 0 Å². The number of benzene rings is 1. The second kappa shape index (κ2) is 5.82. The SMILES string of the molecule is CCCn1nncc1C(O)c1cc(Cl)ccc1Br. The van der Waals surface area contributed by atoms with E-state index in [1.807, 2.05) is 13.0 Å². The average molecular weight is 331 g/mol. The van der Waals surface area contributed by atoms with Crippen LogP contribution in [0.3, 0.4) is 0 Å². The Bertz CT molecular complexity index is 544. The molecule has 0 fully saturated rings. The first-order valence-electron chi connectivity index (χ1n) is 5.65. The lowest BCUT2D eigenvalue weighted by Gasteiger charge is -2.14. The molecule has 1 N–H and O–H groups in total. The highest BCUT2D eigenvalue weighted by molar-refractivity contribution is 9.10. The largest absolute Gasteiger partial charge is 0.382 e. The fraction of sp³-hybridized carbons (Fsp3) is 0.333. The predicted molar refractivity (Wildman–Crippen MR) is 73.5 cm³/mol. The molecular formula is C12H13BrClN3O. The van der Waals surface area contributed by atoms with Crippen LogP contribution < -0.4 is 0 Å². The molecule has 0 radical (unpaired) electrons. The van der Waals surface area contributed by atoms with Crippen molar-refractivity contribution in [1.82, 2.24) is 15.0 Å². The molecule has 1 aromatic heterocycles. The van der Waals surface area contributed by atoms with Crippen LogP contribution in [0.15, 0.2) is 28.9 Å². The third-order valence-electron chi connectivity index (χ3n) is 2.62. The van der Waals surface area contributed by atoms with Crippen molar-refractivity contribution < 1.29 is 5.11 Å². The van der Waals surface area contributed by atoms with Crippen molar-refractivity contribution in [2.75, 3.05) is 0 Å². The van der Waals surface area contributed by atoms with Gasteiger partial charge in [0.15, 0.2) is 0 Å². The first-order valence-corrected chi connectivity index (χ1v) is 6.82. The van der Waals surface area contributed by atoms with Crippen LogP contribution in [-0.4, -0.2) is 20.1 Å². The number of hydrogen-bond donors (Lipinski definition) is 1. The standard InChI is InChI=1S/C12H13BrClN3O/c1-2-5-17-11(7-15-16-17)12(18)9-6-8(14)3-4-10(9)13/h3-4,6-7,12,18H,2,5H2,1H3. The maximum Gasteiger partial charge on any atom is 0.123 e. The third kappa shape index (κ3) is 2.74. The fourth-order valence-electron chi connectivity index (χ4n) is 1.75. The first-order chi connectivity index (χ1) is 8.63. The quantitative estimate of drug-likeness (QED) is 0.936. The molecule has 0 spiro atoms. The summed E-state index contributed by atoms with van der Waals surface area (Å²) in [5.74, 6) is 0. The normalized spacial score (nSPS) is 12.7. The Kier molecular flexibility index (Phi) is 4.37. The monoisotopic (exact) mass is 329 g/mol. The Morgan fingerprint density at radius 1 is 1.50 bits per heavy atom. The molecule has 0 saturated heterocycles. The van der Waals surface area contributed by atoms with Crippen LogP contribution in [-0.2, 0) is 6.54 Å². The molecule has 2 aromatic rings. The van der Waals surface area contributed by atoms with Gasteiger partial charge in [-0.15, -0.1) is 5.10 Å². The van der Waals surface area contributed by atoms with Gasteiger partial charge in [-0.25, -0.2) is 4.68 Å². The van der Waals surface area contributed by atoms with E-state index >= 15 is 0 Å². The van der Waals surface area contributed by atoms with E-state index in [1.165, 1.54) is 0 Å². The van der Waals surface area contributed by atoms with Crippen LogP contribution >= 0.6 is 27.5 Å². The molecule has 1 aromatic carbocycles. The molecule has 4 nitrogen and oxygen atoms in total. The molecule has 1 atom stereocenters. The Balaban J connectivity index is 2.38. The van der Waals surface area contributed by atoms with Gasteiger partial charge in [-0.2, -0.15) is 0 Å². The molecule has 96 valence electrons. The Morgan fingerprint density at radius 2 is 2.28 bits per heavy atom. The summed E-state index contributed by atoms with van der Waals surface area (Å²) in [7, 11) is 0. The molecule has 0 bridgehead atoms. The van der Waals surface area contributed by atoms with Crippen LogP contribution in [0, 0.1) is 0 Å². The number of aliphatic hydroxyl groups is 1. The zero-order valence-electron chi connectivity index (χ0n) is 9.85. The van der Waals surface area contributed by atoms with E-state index in [2.05, 4.69) is 26.2 Å². The van der Waals surface area contributed by atoms with Gasteiger partial charge in [0.05, 0.1) is 11.9 Å². The van der Waals surface area contributed by atoms with Crippen molar-refractivity contribution >= 4 is 27.5 Å². The molecular weight excluding hydrogens is 318 g/mol. The minimum absolute atomic E-state index is 0.585. The number of aliphatic hydroxyl groups excluding tert-OH is 1. The molecule has 0 amide bonds. The summed E-state index contributed by atoms with van der Waals surface area (Å²) in [5, 5.41) is 18.8. The molecule has 6 heteroatoms. The summed E-state index contributed by atoms with van der Waals surface area (Å²) in [6, 6.07) is 5.32. The smallest absolute Gasteiger partial charge is 0.123 e. The van der Waals surface area contributed by atoms with Gasteiger partial charge in [-0.3, -0.25) is 0 Å². The lowest BCUT2D eigenvalue weighted by atomic mass is 10.1. The van der Waals surface area contributed by atoms with Crippen molar-refractivity contribution in [2.45, 2.75) is 26.0 Å². The zero-order chi connectivity index (χ0) is 13.1. The minimum atomic E-state index is -0.792. The first kappa shape index (κ1) is 13.5. The van der Waals surface area contributed by atoms with Crippen molar-refractivity contribution in [1.29, 1.82) is 0 Å². The fourth-order valence-corrected chi connectivity index (χ4v) is 2.39. The Morgan fingerprint density at radius 3 is 3.00 bits per heavy atom. The minimum Gasteiger partial charge on any atom is -0.382 e. The topological polar surface area (TPSA) is 50.9 Å². The number of aromatic nitrogens is 3. The van der Waals surface area contributed by atoms with Crippen LogP contribution in [0.1, 0.15) is 30.7 Å². The van der Waals surface area contributed by atoms with Gasteiger partial charge in [0.2, 0.25) is 0 Å². The summed E-state index contributed by atoms with van der Waals surface area (Å²) in [6.45, 7) is 2.78. The second-order valence-corrected chi connectivity index (χ2v) is 5.24. The van der Waals surface area contributed by atoms with Gasteiger partial charge in [-0.05, 0) is 24.6 Å². The summed E-state index contributed by atoms with van der Waals surface area (Å²) in [4.78, 5) is 0. The summed E-state index contributed by atoms with van der Waals surface area (Å²) in [6.07, 6.45) is 1.72. The number of rotatable bonds is 4. The van der Waals surface area contributed by atoms with E-state index in [0.29, 0.717) is 16.3 Å². The number of hydrogen-bond acceptors (Lipinski definition) is 3. The van der Waals surface area contributed by atoms with E-state index in [-0.39, 0.29) is 0 Å². The lowest BCUT2D eigenvalue weighted by Crippen LogP contribution is -2.10. The van der Waals surface area contributed by atoms with Crippen molar-refractivity contribution in [3.05, 3.63) is 45.1 Å². The van der Waals surface area contributed by atoms with Crippen LogP contribution in [0.5, 0.6) is 0 Å². The third-order valence-corrected chi connectivity index (χ3v) is 3.57. The molecule has 0 aliphatic heterocycles. The molecule has 18 heavy (non-hydrogen) atoms. The van der Waals surface area contributed by atoms with Crippen molar-refractivity contribution in [3.8, 4) is 0 Å². The van der Waals surface area contributed by atoms with Gasteiger partial charge in [0.25, 0.3) is 0 Å². The van der Waals surface area contributed by atoms with Gasteiger partial charge in [0.1, 0.15) is 6.10 Å². The van der Waals surface area contributed by atoms with E-state index < -0.39 is 6.10 Å². The Hall–Kier alpha value is -0.910. The van der Waals surface area contributed by atoms with Gasteiger partial charge < -0.3 is 5.11 Å². The average Bonchev–Trinajstić information content (AvgIpc) is 2.80. The highest BCUT2D eigenvalue weighted by atomic mass is 79.9. The highest BCUT2D eigenvalue weighted by Crippen LogP contribution is 2.30. The summed E-state index contributed by atoms with van der Waals surface area (Å²) in [5.41, 5.74) is 1.38. The number of nitrogens with zero attached hydrogens (tertiary/aromatic N) is 3. The van der Waals surface area contributed by atoms with E-state index in [1.54, 1.807) is 23.0 Å². The summed E-state index contributed by atoms with van der Waals surface area (Å²) < 4.78 is 2.52. The van der Waals surface area contributed by atoms with E-state index in [0.717, 1.165) is 17.4 Å². The van der Waals surface area contributed by atoms with Crippen LogP contribution in [0.2, 0.25) is 5.02 Å². The van der Waals surface area contributed by atoms with E-state index in [9.17, 15) is 5.11 Å². The number of halogens is 2. The van der Waals surface area contributed by atoms with Gasteiger partial charge in [0, 0.05) is 21.6 Å². The maximum atomic E-state index is 10.4. The zero-order valence-corrected chi connectivity index (χ0v) is 12.2. The number of aryl methyl sites for hydroxylation is 1. The Labute approximate surface area is 119 Å². The lowest BCUT2D eigenvalue weighted by molar-refractivity contribution is 0.206. The molecule has 0 aliphatic carbocycles. The highest BCUT2D eigenvalue weighted by Gasteiger charge is 2.18. The molecule has 1 heterocycles. The van der Waals surface area contributed by atoms with Crippen LogP contribution in [0.25, 0.3) is 0 Å².